The predicted octanol–water partition coefficient (Wildman–Crippen LogP) is 4.49. The first-order valence-electron chi connectivity index (χ1n) is 7.43. The molecule has 23 heavy (non-hydrogen) atoms. The van der Waals surface area contributed by atoms with Crippen molar-refractivity contribution in [3.63, 3.8) is 0 Å². The Morgan fingerprint density at radius 1 is 1.09 bits per heavy atom. The SMILES string of the molecule is Cc1ccc(N=c2scc(C)n2N=Cc2ccc(C)o2)c(C)c1. The molecule has 0 aliphatic rings. The first-order valence-corrected chi connectivity index (χ1v) is 8.31. The van der Waals surface area contributed by atoms with Gasteiger partial charge in [-0.3, -0.25) is 0 Å². The van der Waals surface area contributed by atoms with E-state index in [-0.39, 0.29) is 0 Å². The lowest BCUT2D eigenvalue weighted by Gasteiger charge is -2.01. The molecule has 0 unspecified atom stereocenters. The maximum atomic E-state index is 5.52. The van der Waals surface area contributed by atoms with E-state index >= 15 is 0 Å². The number of thiazole rings is 1. The van der Waals surface area contributed by atoms with E-state index in [2.05, 4.69) is 31.1 Å². The fourth-order valence-electron chi connectivity index (χ4n) is 2.27. The summed E-state index contributed by atoms with van der Waals surface area (Å²) in [5.41, 5.74) is 4.41. The molecule has 3 aromatic rings. The fraction of sp³-hybridized carbons (Fsp3) is 0.222. The van der Waals surface area contributed by atoms with Crippen LogP contribution in [0.25, 0.3) is 0 Å². The fourth-order valence-corrected chi connectivity index (χ4v) is 3.09. The van der Waals surface area contributed by atoms with Crippen molar-refractivity contribution < 1.29 is 4.42 Å². The zero-order valence-electron chi connectivity index (χ0n) is 13.7. The molecule has 3 rings (SSSR count). The average Bonchev–Trinajstić information content (AvgIpc) is 3.06. The number of benzene rings is 1. The zero-order valence-corrected chi connectivity index (χ0v) is 14.5. The predicted molar refractivity (Wildman–Crippen MR) is 94.6 cm³/mol. The van der Waals surface area contributed by atoms with Crippen LogP contribution in [0.1, 0.15) is 28.3 Å². The Kier molecular flexibility index (Phi) is 4.30. The number of aryl methyl sites for hydroxylation is 4. The van der Waals surface area contributed by atoms with Crippen molar-refractivity contribution in [2.45, 2.75) is 27.7 Å². The molecule has 0 amide bonds. The molecule has 0 saturated carbocycles. The highest BCUT2D eigenvalue weighted by Crippen LogP contribution is 2.19. The van der Waals surface area contributed by atoms with Crippen LogP contribution in [0.4, 0.5) is 5.69 Å². The van der Waals surface area contributed by atoms with Crippen molar-refractivity contribution in [1.82, 2.24) is 4.68 Å². The molecule has 0 atom stereocenters. The summed E-state index contributed by atoms with van der Waals surface area (Å²) in [5.74, 6) is 1.61. The summed E-state index contributed by atoms with van der Waals surface area (Å²) in [7, 11) is 0. The van der Waals surface area contributed by atoms with Gasteiger partial charge in [0.25, 0.3) is 0 Å². The van der Waals surface area contributed by atoms with Gasteiger partial charge in [0, 0.05) is 5.38 Å². The van der Waals surface area contributed by atoms with Crippen molar-refractivity contribution in [3.8, 4) is 0 Å². The first-order chi connectivity index (χ1) is 11.0. The molecule has 1 aromatic carbocycles. The summed E-state index contributed by atoms with van der Waals surface area (Å²) in [6, 6.07) is 10.1. The third kappa shape index (κ3) is 3.51. The van der Waals surface area contributed by atoms with Gasteiger partial charge >= 0.3 is 0 Å². The van der Waals surface area contributed by atoms with Crippen LogP contribution in [0.2, 0.25) is 0 Å². The second-order valence-corrected chi connectivity index (χ2v) is 6.40. The van der Waals surface area contributed by atoms with Gasteiger partial charge < -0.3 is 4.42 Å². The van der Waals surface area contributed by atoms with Crippen LogP contribution in [0.5, 0.6) is 0 Å². The minimum Gasteiger partial charge on any atom is -0.460 e. The van der Waals surface area contributed by atoms with E-state index in [1.165, 1.54) is 5.56 Å². The Hall–Kier alpha value is -2.40. The third-order valence-corrected chi connectivity index (χ3v) is 4.41. The van der Waals surface area contributed by atoms with Gasteiger partial charge in [0.05, 0.1) is 17.6 Å². The number of furan rings is 1. The minimum absolute atomic E-state index is 0.734. The molecular formula is C18H19N3OS. The number of hydrogen-bond donors (Lipinski definition) is 0. The van der Waals surface area contributed by atoms with Crippen LogP contribution in [-0.2, 0) is 0 Å². The second-order valence-electron chi connectivity index (χ2n) is 5.57. The van der Waals surface area contributed by atoms with Gasteiger partial charge in [0.2, 0.25) is 4.80 Å². The summed E-state index contributed by atoms with van der Waals surface area (Å²) < 4.78 is 7.36. The van der Waals surface area contributed by atoms with Gasteiger partial charge in [-0.1, -0.05) is 17.7 Å². The van der Waals surface area contributed by atoms with E-state index in [4.69, 9.17) is 9.41 Å². The second kappa shape index (κ2) is 6.38. The molecule has 0 bridgehead atoms. The molecule has 4 nitrogen and oxygen atoms in total. The smallest absolute Gasteiger partial charge is 0.211 e. The van der Waals surface area contributed by atoms with Gasteiger partial charge in [-0.2, -0.15) is 5.10 Å². The van der Waals surface area contributed by atoms with E-state index in [1.54, 1.807) is 17.6 Å². The molecule has 118 valence electrons. The molecule has 0 aliphatic heterocycles. The third-order valence-electron chi connectivity index (χ3n) is 3.48. The molecule has 2 aromatic heterocycles. The first kappa shape index (κ1) is 15.5. The van der Waals surface area contributed by atoms with E-state index in [0.717, 1.165) is 33.3 Å². The summed E-state index contributed by atoms with van der Waals surface area (Å²) >= 11 is 1.58. The summed E-state index contributed by atoms with van der Waals surface area (Å²) in [6.07, 6.45) is 1.72. The molecule has 0 radical (unpaired) electrons. The van der Waals surface area contributed by atoms with E-state index in [9.17, 15) is 0 Å². The lowest BCUT2D eigenvalue weighted by molar-refractivity contribution is 0.527. The Balaban J connectivity index is 2.01. The summed E-state index contributed by atoms with van der Waals surface area (Å²) in [4.78, 5) is 5.60. The number of nitrogens with zero attached hydrogens (tertiary/aromatic N) is 3. The number of aromatic nitrogens is 1. The lowest BCUT2D eigenvalue weighted by Crippen LogP contribution is -2.11. The van der Waals surface area contributed by atoms with Crippen molar-refractivity contribution in [2.75, 3.05) is 0 Å². The molecule has 0 N–H and O–H groups in total. The van der Waals surface area contributed by atoms with Crippen LogP contribution in [0, 0.1) is 27.7 Å². The van der Waals surface area contributed by atoms with Crippen molar-refractivity contribution in [2.24, 2.45) is 10.1 Å². The minimum atomic E-state index is 0.734. The van der Waals surface area contributed by atoms with Crippen LogP contribution in [-0.4, -0.2) is 10.9 Å². The number of hydrogen-bond acceptors (Lipinski definition) is 4. The van der Waals surface area contributed by atoms with Gasteiger partial charge in [0.1, 0.15) is 11.5 Å². The van der Waals surface area contributed by atoms with Crippen LogP contribution >= 0.6 is 11.3 Å². The highest BCUT2D eigenvalue weighted by atomic mass is 32.1. The lowest BCUT2D eigenvalue weighted by atomic mass is 10.1. The molecule has 5 heteroatoms. The maximum absolute atomic E-state index is 5.52. The summed E-state index contributed by atoms with van der Waals surface area (Å²) in [6.45, 7) is 8.09. The van der Waals surface area contributed by atoms with Gasteiger partial charge in [-0.15, -0.1) is 11.3 Å². The normalized spacial score (nSPS) is 12.4. The average molecular weight is 325 g/mol. The van der Waals surface area contributed by atoms with Gasteiger partial charge in [-0.05, 0) is 51.5 Å². The van der Waals surface area contributed by atoms with E-state index in [0.29, 0.717) is 0 Å². The van der Waals surface area contributed by atoms with E-state index in [1.807, 2.05) is 42.1 Å². The number of rotatable bonds is 3. The highest BCUT2D eigenvalue weighted by molar-refractivity contribution is 7.07. The Labute approximate surface area is 139 Å². The van der Waals surface area contributed by atoms with E-state index < -0.39 is 0 Å². The maximum Gasteiger partial charge on any atom is 0.211 e. The van der Waals surface area contributed by atoms with Crippen molar-refractivity contribution in [1.29, 1.82) is 0 Å². The van der Waals surface area contributed by atoms with Crippen LogP contribution in [0.3, 0.4) is 0 Å². The van der Waals surface area contributed by atoms with Gasteiger partial charge in [-0.25, -0.2) is 9.67 Å². The van der Waals surface area contributed by atoms with Gasteiger partial charge in [0.15, 0.2) is 0 Å². The zero-order chi connectivity index (χ0) is 16.4. The monoisotopic (exact) mass is 325 g/mol. The standard InChI is InChI=1S/C18H19N3OS/c1-12-5-8-17(13(2)9-12)20-18-21(14(3)11-23-18)19-10-16-7-6-15(4)22-16/h5-11H,1-4H3. The summed E-state index contributed by atoms with van der Waals surface area (Å²) in [5, 5.41) is 6.56. The van der Waals surface area contributed by atoms with Crippen LogP contribution < -0.4 is 4.80 Å². The highest BCUT2D eigenvalue weighted by Gasteiger charge is 2.02. The molecule has 0 fully saturated rings. The molecular weight excluding hydrogens is 306 g/mol. The Morgan fingerprint density at radius 3 is 2.61 bits per heavy atom. The Bertz CT molecular complexity index is 928. The topological polar surface area (TPSA) is 42.8 Å². The molecule has 0 saturated heterocycles. The quantitative estimate of drug-likeness (QED) is 0.654. The van der Waals surface area contributed by atoms with Crippen molar-refractivity contribution >= 4 is 23.2 Å². The molecule has 2 heterocycles. The molecule has 0 aliphatic carbocycles. The Morgan fingerprint density at radius 2 is 1.91 bits per heavy atom. The van der Waals surface area contributed by atoms with Crippen LogP contribution in [0.15, 0.2) is 50.2 Å². The van der Waals surface area contributed by atoms with Crippen molar-refractivity contribution in [3.05, 3.63) is 68.9 Å². The largest absolute Gasteiger partial charge is 0.460 e. The molecule has 0 spiro atoms.